The Bertz CT molecular complexity index is 369. The number of rotatable bonds is 1. The van der Waals surface area contributed by atoms with Crippen molar-refractivity contribution >= 4 is 5.65 Å². The van der Waals surface area contributed by atoms with Crippen molar-refractivity contribution in [2.24, 2.45) is 0 Å². The average molecular weight is 150 g/mol. The normalized spacial score (nSPS) is 10.3. The van der Waals surface area contributed by atoms with Crippen molar-refractivity contribution in [3.8, 4) is 5.88 Å². The standard InChI is InChI=1S/C6H6N4O/c1-11-6-3-2-5-7-4-8-10(5)9-6/h2-4H,1H3. The number of aromatic nitrogens is 4. The Balaban J connectivity index is 2.67. The van der Waals surface area contributed by atoms with Crippen molar-refractivity contribution in [2.75, 3.05) is 7.11 Å². The molecule has 0 atom stereocenters. The zero-order valence-electron chi connectivity index (χ0n) is 5.93. The summed E-state index contributed by atoms with van der Waals surface area (Å²) in [7, 11) is 1.56. The first-order valence-electron chi connectivity index (χ1n) is 3.11. The van der Waals surface area contributed by atoms with Gasteiger partial charge in [0.15, 0.2) is 5.65 Å². The molecule has 0 bridgehead atoms. The van der Waals surface area contributed by atoms with Gasteiger partial charge in [0.25, 0.3) is 0 Å². The van der Waals surface area contributed by atoms with Crippen LogP contribution in [0.4, 0.5) is 0 Å². The molecule has 2 aromatic rings. The van der Waals surface area contributed by atoms with Crippen LogP contribution in [0.3, 0.4) is 0 Å². The summed E-state index contributed by atoms with van der Waals surface area (Å²) in [6.45, 7) is 0. The van der Waals surface area contributed by atoms with E-state index in [9.17, 15) is 0 Å². The number of fused-ring (bicyclic) bond motifs is 1. The zero-order chi connectivity index (χ0) is 7.68. The van der Waals surface area contributed by atoms with E-state index in [1.54, 1.807) is 19.2 Å². The van der Waals surface area contributed by atoms with Crippen LogP contribution in [-0.2, 0) is 0 Å². The fourth-order valence-corrected chi connectivity index (χ4v) is 0.813. The molecule has 5 heteroatoms. The summed E-state index contributed by atoms with van der Waals surface area (Å²) in [4.78, 5) is 3.93. The summed E-state index contributed by atoms with van der Waals surface area (Å²) < 4.78 is 6.31. The summed E-state index contributed by atoms with van der Waals surface area (Å²) in [6, 6.07) is 3.53. The van der Waals surface area contributed by atoms with Gasteiger partial charge in [-0.2, -0.15) is 0 Å². The van der Waals surface area contributed by atoms with Crippen LogP contribution in [-0.4, -0.2) is 26.9 Å². The molecule has 0 saturated carbocycles. The van der Waals surface area contributed by atoms with Crippen LogP contribution in [0.25, 0.3) is 5.65 Å². The van der Waals surface area contributed by atoms with Crippen LogP contribution >= 0.6 is 0 Å². The monoisotopic (exact) mass is 150 g/mol. The molecule has 0 fully saturated rings. The van der Waals surface area contributed by atoms with Crippen molar-refractivity contribution in [3.05, 3.63) is 18.5 Å². The van der Waals surface area contributed by atoms with Crippen LogP contribution in [0.2, 0.25) is 0 Å². The molecule has 2 heterocycles. The van der Waals surface area contributed by atoms with Crippen molar-refractivity contribution in [2.45, 2.75) is 0 Å². The number of ether oxygens (including phenoxy) is 1. The Morgan fingerprint density at radius 1 is 1.45 bits per heavy atom. The van der Waals surface area contributed by atoms with Crippen molar-refractivity contribution in [3.63, 3.8) is 0 Å². The molecule has 0 saturated heterocycles. The van der Waals surface area contributed by atoms with Gasteiger partial charge < -0.3 is 4.74 Å². The molecule has 0 spiro atoms. The highest BCUT2D eigenvalue weighted by atomic mass is 16.5. The molecule has 0 aromatic carbocycles. The van der Waals surface area contributed by atoms with Gasteiger partial charge in [-0.25, -0.2) is 4.98 Å². The first kappa shape index (κ1) is 6.09. The highest BCUT2D eigenvalue weighted by molar-refractivity contribution is 5.35. The van der Waals surface area contributed by atoms with Gasteiger partial charge in [-0.15, -0.1) is 14.8 Å². The molecule has 0 amide bonds. The van der Waals surface area contributed by atoms with Crippen LogP contribution in [0, 0.1) is 0 Å². The molecule has 5 nitrogen and oxygen atoms in total. The van der Waals surface area contributed by atoms with E-state index < -0.39 is 0 Å². The predicted octanol–water partition coefficient (Wildman–Crippen LogP) is 0.133. The lowest BCUT2D eigenvalue weighted by atomic mass is 10.5. The molecule has 0 aliphatic carbocycles. The second kappa shape index (κ2) is 2.19. The fourth-order valence-electron chi connectivity index (χ4n) is 0.813. The number of hydrogen-bond donors (Lipinski definition) is 0. The lowest BCUT2D eigenvalue weighted by molar-refractivity contribution is 0.387. The molecular formula is C6H6N4O. The van der Waals surface area contributed by atoms with E-state index in [0.717, 1.165) is 0 Å². The minimum atomic E-state index is 0.531. The molecule has 0 N–H and O–H groups in total. The summed E-state index contributed by atoms with van der Waals surface area (Å²) in [5.74, 6) is 0.531. The van der Waals surface area contributed by atoms with Crippen molar-refractivity contribution in [1.82, 2.24) is 19.8 Å². The van der Waals surface area contributed by atoms with Crippen LogP contribution in [0.1, 0.15) is 0 Å². The lowest BCUT2D eigenvalue weighted by Gasteiger charge is -1.95. The maximum Gasteiger partial charge on any atom is 0.233 e. The summed E-state index contributed by atoms with van der Waals surface area (Å²) in [6.07, 6.45) is 1.45. The molecule has 2 rings (SSSR count). The molecule has 0 aliphatic rings. The molecule has 0 radical (unpaired) electrons. The van der Waals surface area contributed by atoms with E-state index in [0.29, 0.717) is 11.5 Å². The average Bonchev–Trinajstić information content (AvgIpc) is 2.50. The Morgan fingerprint density at radius 3 is 3.18 bits per heavy atom. The Labute approximate surface area is 62.6 Å². The lowest BCUT2D eigenvalue weighted by Crippen LogP contribution is -1.96. The largest absolute Gasteiger partial charge is 0.480 e. The summed E-state index contributed by atoms with van der Waals surface area (Å²) in [5.41, 5.74) is 0.714. The summed E-state index contributed by atoms with van der Waals surface area (Å²) >= 11 is 0. The third-order valence-electron chi connectivity index (χ3n) is 1.33. The summed E-state index contributed by atoms with van der Waals surface area (Å²) in [5, 5.41) is 7.82. The maximum atomic E-state index is 4.89. The third kappa shape index (κ3) is 0.899. The van der Waals surface area contributed by atoms with E-state index in [1.165, 1.54) is 11.0 Å². The smallest absolute Gasteiger partial charge is 0.233 e. The first-order valence-corrected chi connectivity index (χ1v) is 3.11. The van der Waals surface area contributed by atoms with Gasteiger partial charge in [-0.05, 0) is 6.07 Å². The van der Waals surface area contributed by atoms with Crippen LogP contribution in [0.15, 0.2) is 18.5 Å². The van der Waals surface area contributed by atoms with Crippen LogP contribution in [0.5, 0.6) is 5.88 Å². The molecule has 0 aliphatic heterocycles. The van der Waals surface area contributed by atoms with Gasteiger partial charge in [0.1, 0.15) is 6.33 Å². The van der Waals surface area contributed by atoms with Gasteiger partial charge in [-0.3, -0.25) is 0 Å². The number of methoxy groups -OCH3 is 1. The quantitative estimate of drug-likeness (QED) is 0.580. The minimum absolute atomic E-state index is 0.531. The molecule has 2 aromatic heterocycles. The fraction of sp³-hybridized carbons (Fsp3) is 0.167. The highest BCUT2D eigenvalue weighted by Crippen LogP contribution is 2.04. The number of hydrogen-bond acceptors (Lipinski definition) is 4. The van der Waals surface area contributed by atoms with E-state index in [-0.39, 0.29) is 0 Å². The SMILES string of the molecule is COc1ccc2ncnn2n1. The van der Waals surface area contributed by atoms with Crippen LogP contribution < -0.4 is 4.74 Å². The van der Waals surface area contributed by atoms with Gasteiger partial charge in [0.05, 0.1) is 7.11 Å². The van der Waals surface area contributed by atoms with E-state index in [2.05, 4.69) is 15.2 Å². The van der Waals surface area contributed by atoms with E-state index in [1.807, 2.05) is 0 Å². The molecule has 56 valence electrons. The van der Waals surface area contributed by atoms with Gasteiger partial charge >= 0.3 is 0 Å². The zero-order valence-corrected chi connectivity index (χ0v) is 5.93. The van der Waals surface area contributed by atoms with E-state index in [4.69, 9.17) is 4.74 Å². The Hall–Kier alpha value is -1.65. The van der Waals surface area contributed by atoms with Crippen molar-refractivity contribution in [1.29, 1.82) is 0 Å². The highest BCUT2D eigenvalue weighted by Gasteiger charge is 1.96. The van der Waals surface area contributed by atoms with E-state index >= 15 is 0 Å². The Kier molecular flexibility index (Phi) is 1.21. The topological polar surface area (TPSA) is 52.3 Å². The predicted molar refractivity (Wildman–Crippen MR) is 37.3 cm³/mol. The Morgan fingerprint density at radius 2 is 2.36 bits per heavy atom. The minimum Gasteiger partial charge on any atom is -0.480 e. The van der Waals surface area contributed by atoms with Gasteiger partial charge in [-0.1, -0.05) is 0 Å². The molecular weight excluding hydrogens is 144 g/mol. The molecule has 11 heavy (non-hydrogen) atoms. The number of nitrogens with zero attached hydrogens (tertiary/aromatic N) is 4. The second-order valence-electron chi connectivity index (χ2n) is 1.98. The van der Waals surface area contributed by atoms with Gasteiger partial charge in [0, 0.05) is 6.07 Å². The molecule has 0 unspecified atom stereocenters. The second-order valence-corrected chi connectivity index (χ2v) is 1.98. The van der Waals surface area contributed by atoms with Crippen molar-refractivity contribution < 1.29 is 4.74 Å². The van der Waals surface area contributed by atoms with Gasteiger partial charge in [0.2, 0.25) is 5.88 Å². The first-order chi connectivity index (χ1) is 5.40. The third-order valence-corrected chi connectivity index (χ3v) is 1.33. The maximum absolute atomic E-state index is 4.89.